The minimum atomic E-state index is 0.183. The Bertz CT molecular complexity index is 827. The van der Waals surface area contributed by atoms with E-state index in [-0.39, 0.29) is 5.75 Å². The van der Waals surface area contributed by atoms with Crippen molar-refractivity contribution in [3.63, 3.8) is 0 Å². The predicted molar refractivity (Wildman–Crippen MR) is 142 cm³/mol. The monoisotopic (exact) mass is 464 g/mol. The van der Waals surface area contributed by atoms with Crippen molar-refractivity contribution < 1.29 is 14.7 Å². The molecule has 0 aliphatic heterocycles. The van der Waals surface area contributed by atoms with E-state index < -0.39 is 0 Å². The minimum Gasteiger partial charge on any atom is -0.508 e. The summed E-state index contributed by atoms with van der Waals surface area (Å²) in [6.07, 6.45) is 21.5. The maximum Gasteiger partial charge on any atom is 0.150 e. The molecule has 0 saturated carbocycles. The van der Waals surface area contributed by atoms with Gasteiger partial charge < -0.3 is 5.11 Å². The van der Waals surface area contributed by atoms with E-state index in [1.54, 1.807) is 12.1 Å². The molecule has 0 aromatic heterocycles. The van der Waals surface area contributed by atoms with Crippen molar-refractivity contribution in [3.8, 4) is 5.75 Å². The lowest BCUT2D eigenvalue weighted by molar-refractivity contribution is 0.112. The molecule has 2 rings (SSSR count). The van der Waals surface area contributed by atoms with Gasteiger partial charge in [-0.25, -0.2) is 0 Å². The Labute approximate surface area is 207 Å². The summed E-state index contributed by atoms with van der Waals surface area (Å²) in [6, 6.07) is 10.9. The molecule has 0 unspecified atom stereocenters. The van der Waals surface area contributed by atoms with Crippen molar-refractivity contribution in [1.82, 2.24) is 0 Å². The number of unbranched alkanes of at least 4 members (excludes halogenated alkanes) is 13. The predicted octanol–water partition coefficient (Wildman–Crippen LogP) is 8.63. The number of aryl methyl sites for hydroxylation is 1. The Kier molecular flexibility index (Phi) is 14.0. The van der Waals surface area contributed by atoms with Crippen molar-refractivity contribution in [1.29, 1.82) is 0 Å². The highest BCUT2D eigenvalue weighted by Gasteiger charge is 2.13. The number of phenols is 1. The molecule has 0 saturated heterocycles. The third-order valence-electron chi connectivity index (χ3n) is 6.81. The fraction of sp³-hybridized carbons (Fsp3) is 0.548. The maximum atomic E-state index is 11.7. The number of benzene rings is 2. The Morgan fingerprint density at radius 3 is 1.62 bits per heavy atom. The van der Waals surface area contributed by atoms with E-state index in [9.17, 15) is 14.7 Å². The number of aldehydes is 2. The number of hydrogen-bond donors (Lipinski definition) is 1. The topological polar surface area (TPSA) is 54.4 Å². The third kappa shape index (κ3) is 10.2. The molecule has 34 heavy (non-hydrogen) atoms. The van der Waals surface area contributed by atoms with Crippen molar-refractivity contribution in [3.05, 3.63) is 64.2 Å². The van der Waals surface area contributed by atoms with Gasteiger partial charge in [-0.2, -0.15) is 0 Å². The molecule has 0 aliphatic rings. The zero-order chi connectivity index (χ0) is 24.4. The van der Waals surface area contributed by atoms with E-state index in [0.717, 1.165) is 31.0 Å². The van der Waals surface area contributed by atoms with Gasteiger partial charge >= 0.3 is 0 Å². The normalized spacial score (nSPS) is 11.0. The highest BCUT2D eigenvalue weighted by molar-refractivity contribution is 5.86. The van der Waals surface area contributed by atoms with E-state index in [4.69, 9.17) is 0 Å². The number of carbonyl (C=O) groups excluding carboxylic acids is 2. The van der Waals surface area contributed by atoms with E-state index >= 15 is 0 Å². The molecule has 0 aliphatic carbocycles. The first-order valence-electron chi connectivity index (χ1n) is 13.5. The molecule has 2 aromatic carbocycles. The van der Waals surface area contributed by atoms with Gasteiger partial charge in [0.25, 0.3) is 0 Å². The van der Waals surface area contributed by atoms with Crippen LogP contribution in [0.5, 0.6) is 5.75 Å². The van der Waals surface area contributed by atoms with Gasteiger partial charge in [0.1, 0.15) is 18.3 Å². The van der Waals surface area contributed by atoms with Crippen LogP contribution in [0, 0.1) is 0 Å². The molecule has 0 spiro atoms. The Morgan fingerprint density at radius 1 is 0.676 bits per heavy atom. The molecular formula is C31H44O3. The third-order valence-corrected chi connectivity index (χ3v) is 6.81. The van der Waals surface area contributed by atoms with Crippen LogP contribution in [0.3, 0.4) is 0 Å². The van der Waals surface area contributed by atoms with Gasteiger partial charge in [0.15, 0.2) is 0 Å². The second-order valence-corrected chi connectivity index (χ2v) is 9.64. The quantitative estimate of drug-likeness (QED) is 0.167. The van der Waals surface area contributed by atoms with Crippen LogP contribution in [0.4, 0.5) is 0 Å². The molecule has 3 nitrogen and oxygen atoms in total. The molecule has 0 radical (unpaired) electrons. The summed E-state index contributed by atoms with van der Waals surface area (Å²) in [5, 5.41) is 10.1. The molecule has 0 heterocycles. The van der Waals surface area contributed by atoms with Crippen molar-refractivity contribution >= 4 is 12.6 Å². The van der Waals surface area contributed by atoms with Gasteiger partial charge in [-0.15, -0.1) is 0 Å². The van der Waals surface area contributed by atoms with Gasteiger partial charge in [0.2, 0.25) is 0 Å². The Morgan fingerprint density at radius 2 is 1.15 bits per heavy atom. The van der Waals surface area contributed by atoms with Gasteiger partial charge in [-0.1, -0.05) is 109 Å². The van der Waals surface area contributed by atoms with Gasteiger partial charge in [0, 0.05) is 17.5 Å². The Hall–Kier alpha value is -2.42. The number of rotatable bonds is 19. The summed E-state index contributed by atoms with van der Waals surface area (Å²) >= 11 is 0. The van der Waals surface area contributed by atoms with Gasteiger partial charge in [-0.05, 0) is 47.7 Å². The van der Waals surface area contributed by atoms with E-state index in [2.05, 4.69) is 6.92 Å². The summed E-state index contributed by atoms with van der Waals surface area (Å²) in [7, 11) is 0. The van der Waals surface area contributed by atoms with Crippen molar-refractivity contribution in [2.45, 2.75) is 110 Å². The van der Waals surface area contributed by atoms with E-state index in [1.165, 1.54) is 83.5 Å². The minimum absolute atomic E-state index is 0.183. The number of phenolic OH excluding ortho intramolecular Hbond substituents is 1. The van der Waals surface area contributed by atoms with Crippen LogP contribution in [0.1, 0.15) is 134 Å². The molecule has 0 atom stereocenters. The molecular weight excluding hydrogens is 420 g/mol. The summed E-state index contributed by atoms with van der Waals surface area (Å²) < 4.78 is 0. The van der Waals surface area contributed by atoms with Crippen LogP contribution >= 0.6 is 0 Å². The highest BCUT2D eigenvalue weighted by atomic mass is 16.3. The van der Waals surface area contributed by atoms with Crippen LogP contribution in [0.15, 0.2) is 36.4 Å². The molecule has 3 heteroatoms. The fourth-order valence-electron chi connectivity index (χ4n) is 4.72. The summed E-state index contributed by atoms with van der Waals surface area (Å²) in [6.45, 7) is 2.27. The lowest BCUT2D eigenvalue weighted by atomic mass is 9.91. The lowest BCUT2D eigenvalue weighted by Gasteiger charge is -2.12. The lowest BCUT2D eigenvalue weighted by Crippen LogP contribution is -2.03. The van der Waals surface area contributed by atoms with Crippen LogP contribution in [0.25, 0.3) is 0 Å². The van der Waals surface area contributed by atoms with E-state index in [1.807, 2.05) is 24.3 Å². The smallest absolute Gasteiger partial charge is 0.150 e. The fourth-order valence-corrected chi connectivity index (χ4v) is 4.72. The maximum absolute atomic E-state index is 11.7. The number of para-hydroxylation sites is 1. The van der Waals surface area contributed by atoms with Crippen molar-refractivity contribution in [2.75, 3.05) is 0 Å². The first kappa shape index (κ1) is 27.8. The molecule has 2 aromatic rings. The average molecular weight is 465 g/mol. The van der Waals surface area contributed by atoms with Crippen LogP contribution in [-0.2, 0) is 12.8 Å². The molecule has 186 valence electrons. The average Bonchev–Trinajstić information content (AvgIpc) is 2.85. The SMILES string of the molecule is CCCCCCCCCCCCCCCCc1cc(C=O)c(Cc2ccccc2O)c(C=O)c1. The Balaban J connectivity index is 1.68. The standard InChI is InChI=1S/C31H44O3/c1-2-3-4-5-6-7-8-9-10-11-12-13-14-15-18-26-21-28(24-32)30(29(22-26)25-33)23-27-19-16-17-20-31(27)34/h16-17,19-22,24-25,34H,2-15,18,23H2,1H3. The molecule has 1 N–H and O–H groups in total. The largest absolute Gasteiger partial charge is 0.508 e. The molecule has 0 fully saturated rings. The molecule has 0 bridgehead atoms. The van der Waals surface area contributed by atoms with Gasteiger partial charge in [0.05, 0.1) is 0 Å². The summed E-state index contributed by atoms with van der Waals surface area (Å²) in [5.41, 5.74) is 3.55. The van der Waals surface area contributed by atoms with Crippen LogP contribution in [0.2, 0.25) is 0 Å². The zero-order valence-electron chi connectivity index (χ0n) is 21.2. The number of hydrogen-bond acceptors (Lipinski definition) is 3. The van der Waals surface area contributed by atoms with Crippen LogP contribution < -0.4 is 0 Å². The second kappa shape index (κ2) is 17.1. The number of aromatic hydroxyl groups is 1. The van der Waals surface area contributed by atoms with E-state index in [0.29, 0.717) is 28.7 Å². The first-order chi connectivity index (χ1) is 16.7. The first-order valence-corrected chi connectivity index (χ1v) is 13.5. The number of carbonyl (C=O) groups is 2. The second-order valence-electron chi connectivity index (χ2n) is 9.64. The summed E-state index contributed by atoms with van der Waals surface area (Å²) in [4.78, 5) is 23.5. The highest BCUT2D eigenvalue weighted by Crippen LogP contribution is 2.25. The van der Waals surface area contributed by atoms with Gasteiger partial charge in [-0.3, -0.25) is 9.59 Å². The zero-order valence-corrected chi connectivity index (χ0v) is 21.2. The van der Waals surface area contributed by atoms with Crippen LogP contribution in [-0.4, -0.2) is 17.7 Å². The molecule has 0 amide bonds. The summed E-state index contributed by atoms with van der Waals surface area (Å²) in [5.74, 6) is 0.183. The van der Waals surface area contributed by atoms with Crippen molar-refractivity contribution in [2.24, 2.45) is 0 Å².